The molecule has 0 atom stereocenters. The van der Waals surface area contributed by atoms with Crippen LogP contribution in [-0.4, -0.2) is 28.9 Å². The number of carbonyl (C=O) groups excluding carboxylic acids is 1. The van der Waals surface area contributed by atoms with Gasteiger partial charge in [-0.2, -0.15) is 0 Å². The second-order valence-corrected chi connectivity index (χ2v) is 7.29. The molecule has 0 radical (unpaired) electrons. The number of pyridine rings is 1. The fraction of sp³-hybridized carbons (Fsp3) is 0.304. The standard InChI is InChI=1S/C23H24N2O3/c1-28-20-13-7-10-17-14-18(22(26)24-21(17)20)15-25(19-11-5-6-12-19)23(27)16-8-3-2-4-9-16/h2-4,7-10,13-14,19H,5-6,11-12,15H2,1H3,(H,24,26). The summed E-state index contributed by atoms with van der Waals surface area (Å²) in [4.78, 5) is 30.8. The average Bonchev–Trinajstić information content (AvgIpc) is 3.26. The number of ether oxygens (including phenoxy) is 1. The van der Waals surface area contributed by atoms with Crippen LogP contribution in [0.4, 0.5) is 0 Å². The second-order valence-electron chi connectivity index (χ2n) is 7.29. The van der Waals surface area contributed by atoms with E-state index < -0.39 is 0 Å². The molecule has 5 nitrogen and oxygen atoms in total. The van der Waals surface area contributed by atoms with Crippen LogP contribution in [0, 0.1) is 0 Å². The van der Waals surface area contributed by atoms with Gasteiger partial charge in [-0.25, -0.2) is 0 Å². The molecule has 0 bridgehead atoms. The zero-order valence-electron chi connectivity index (χ0n) is 16.0. The second kappa shape index (κ2) is 7.89. The van der Waals surface area contributed by atoms with E-state index in [0.29, 0.717) is 28.9 Å². The lowest BCUT2D eigenvalue weighted by Crippen LogP contribution is -2.39. The summed E-state index contributed by atoms with van der Waals surface area (Å²) in [7, 11) is 1.58. The van der Waals surface area contributed by atoms with Gasteiger partial charge in [0.2, 0.25) is 0 Å². The highest BCUT2D eigenvalue weighted by atomic mass is 16.5. The smallest absolute Gasteiger partial charge is 0.254 e. The molecule has 3 aromatic rings. The van der Waals surface area contributed by atoms with Crippen LogP contribution in [-0.2, 0) is 6.54 Å². The van der Waals surface area contributed by atoms with E-state index in [1.807, 2.05) is 59.5 Å². The van der Waals surface area contributed by atoms with Crippen LogP contribution < -0.4 is 10.3 Å². The maximum atomic E-state index is 13.2. The third-order valence-electron chi connectivity index (χ3n) is 5.53. The Morgan fingerprint density at radius 1 is 1.11 bits per heavy atom. The van der Waals surface area contributed by atoms with Crippen LogP contribution in [0.25, 0.3) is 10.9 Å². The third-order valence-corrected chi connectivity index (χ3v) is 5.53. The van der Waals surface area contributed by atoms with Crippen LogP contribution in [0.2, 0.25) is 0 Å². The molecule has 1 aliphatic carbocycles. The van der Waals surface area contributed by atoms with Gasteiger partial charge in [0.05, 0.1) is 19.2 Å². The van der Waals surface area contributed by atoms with Crippen molar-refractivity contribution < 1.29 is 9.53 Å². The van der Waals surface area contributed by atoms with Gasteiger partial charge in [0.15, 0.2) is 0 Å². The Morgan fingerprint density at radius 3 is 2.57 bits per heavy atom. The van der Waals surface area contributed by atoms with E-state index in [4.69, 9.17) is 4.74 Å². The van der Waals surface area contributed by atoms with Crippen LogP contribution in [0.15, 0.2) is 59.4 Å². The van der Waals surface area contributed by atoms with Crippen molar-refractivity contribution >= 4 is 16.8 Å². The largest absolute Gasteiger partial charge is 0.495 e. The Kier molecular flexibility index (Phi) is 5.15. The minimum Gasteiger partial charge on any atom is -0.495 e. The van der Waals surface area contributed by atoms with Gasteiger partial charge >= 0.3 is 0 Å². The summed E-state index contributed by atoms with van der Waals surface area (Å²) in [6.07, 6.45) is 4.21. The summed E-state index contributed by atoms with van der Waals surface area (Å²) >= 11 is 0. The third kappa shape index (κ3) is 3.52. The van der Waals surface area contributed by atoms with Crippen molar-refractivity contribution in [2.45, 2.75) is 38.3 Å². The molecule has 5 heteroatoms. The number of para-hydroxylation sites is 1. The van der Waals surface area contributed by atoms with Gasteiger partial charge in [-0.05, 0) is 37.1 Å². The van der Waals surface area contributed by atoms with E-state index in [2.05, 4.69) is 4.98 Å². The zero-order chi connectivity index (χ0) is 19.5. The molecule has 0 spiro atoms. The van der Waals surface area contributed by atoms with Gasteiger partial charge < -0.3 is 14.6 Å². The number of rotatable bonds is 5. The van der Waals surface area contributed by atoms with E-state index in [-0.39, 0.29) is 17.5 Å². The Bertz CT molecular complexity index is 1040. The minimum atomic E-state index is -0.180. The molecule has 28 heavy (non-hydrogen) atoms. The van der Waals surface area contributed by atoms with Gasteiger partial charge in [-0.3, -0.25) is 9.59 Å². The summed E-state index contributed by atoms with van der Waals surface area (Å²) in [5.74, 6) is 0.617. The van der Waals surface area contributed by atoms with E-state index in [9.17, 15) is 9.59 Å². The molecule has 1 N–H and O–H groups in total. The quantitative estimate of drug-likeness (QED) is 0.728. The lowest BCUT2D eigenvalue weighted by atomic mass is 10.1. The van der Waals surface area contributed by atoms with Gasteiger partial charge in [-0.15, -0.1) is 0 Å². The number of H-pyrrole nitrogens is 1. The highest BCUT2D eigenvalue weighted by Crippen LogP contribution is 2.27. The summed E-state index contributed by atoms with van der Waals surface area (Å²) in [5.41, 5.74) is 1.76. The molecule has 0 saturated heterocycles. The highest BCUT2D eigenvalue weighted by Gasteiger charge is 2.28. The predicted octanol–water partition coefficient (Wildman–Crippen LogP) is 4.12. The SMILES string of the molecule is COc1cccc2cc(CN(C(=O)c3ccccc3)C3CCCC3)c(=O)[nH]c12. The van der Waals surface area contributed by atoms with E-state index >= 15 is 0 Å². The van der Waals surface area contributed by atoms with E-state index in [1.165, 1.54) is 0 Å². The zero-order valence-corrected chi connectivity index (χ0v) is 16.0. The first-order valence-corrected chi connectivity index (χ1v) is 9.72. The number of hydrogen-bond donors (Lipinski definition) is 1. The van der Waals surface area contributed by atoms with Crippen molar-refractivity contribution in [3.8, 4) is 5.75 Å². The highest BCUT2D eigenvalue weighted by molar-refractivity contribution is 5.94. The van der Waals surface area contributed by atoms with Crippen molar-refractivity contribution in [1.82, 2.24) is 9.88 Å². The molecule has 1 heterocycles. The number of methoxy groups -OCH3 is 1. The van der Waals surface area contributed by atoms with Crippen molar-refractivity contribution in [2.24, 2.45) is 0 Å². The van der Waals surface area contributed by atoms with Crippen LogP contribution in [0.1, 0.15) is 41.6 Å². The molecule has 4 rings (SSSR count). The van der Waals surface area contributed by atoms with E-state index in [0.717, 1.165) is 31.1 Å². The molecule has 1 fully saturated rings. The van der Waals surface area contributed by atoms with Crippen molar-refractivity contribution in [1.29, 1.82) is 0 Å². The molecule has 2 aromatic carbocycles. The van der Waals surface area contributed by atoms with Gasteiger partial charge in [0, 0.05) is 22.6 Å². The van der Waals surface area contributed by atoms with Crippen molar-refractivity contribution in [3.63, 3.8) is 0 Å². The fourth-order valence-electron chi connectivity index (χ4n) is 4.05. The number of benzene rings is 2. The van der Waals surface area contributed by atoms with Crippen LogP contribution >= 0.6 is 0 Å². The minimum absolute atomic E-state index is 0.0161. The Labute approximate surface area is 163 Å². The average molecular weight is 376 g/mol. The molecule has 1 aliphatic rings. The molecule has 0 aliphatic heterocycles. The molecule has 0 unspecified atom stereocenters. The summed E-state index contributed by atoms with van der Waals surface area (Å²) in [6.45, 7) is 0.306. The first-order valence-electron chi connectivity index (χ1n) is 9.72. The maximum absolute atomic E-state index is 13.2. The summed E-state index contributed by atoms with van der Waals surface area (Å²) < 4.78 is 5.35. The molecule has 1 amide bonds. The molecule has 1 saturated carbocycles. The topological polar surface area (TPSA) is 62.4 Å². The lowest BCUT2D eigenvalue weighted by molar-refractivity contribution is 0.0664. The lowest BCUT2D eigenvalue weighted by Gasteiger charge is -2.29. The van der Waals surface area contributed by atoms with Gasteiger partial charge in [-0.1, -0.05) is 43.2 Å². The number of fused-ring (bicyclic) bond motifs is 1. The summed E-state index contributed by atoms with van der Waals surface area (Å²) in [5, 5.41) is 0.896. The monoisotopic (exact) mass is 376 g/mol. The number of nitrogens with one attached hydrogen (secondary N) is 1. The molecular weight excluding hydrogens is 352 g/mol. The van der Waals surface area contributed by atoms with Crippen molar-refractivity contribution in [2.75, 3.05) is 7.11 Å². The van der Waals surface area contributed by atoms with E-state index in [1.54, 1.807) is 7.11 Å². The Hall–Kier alpha value is -3.08. The van der Waals surface area contributed by atoms with Gasteiger partial charge in [0.25, 0.3) is 11.5 Å². The molecular formula is C23H24N2O3. The normalized spacial score (nSPS) is 14.3. The number of hydrogen-bond acceptors (Lipinski definition) is 3. The number of carbonyl (C=O) groups is 1. The molecule has 144 valence electrons. The summed E-state index contributed by atoms with van der Waals surface area (Å²) in [6, 6.07) is 17.0. The number of aromatic amines is 1. The first kappa shape index (κ1) is 18.3. The Morgan fingerprint density at radius 2 is 1.86 bits per heavy atom. The number of nitrogens with zero attached hydrogens (tertiary/aromatic N) is 1. The fourth-order valence-corrected chi connectivity index (χ4v) is 4.05. The van der Waals surface area contributed by atoms with Crippen molar-refractivity contribution in [3.05, 3.63) is 76.1 Å². The Balaban J connectivity index is 1.71. The maximum Gasteiger partial charge on any atom is 0.254 e. The predicted molar refractivity (Wildman–Crippen MR) is 110 cm³/mol. The first-order chi connectivity index (χ1) is 13.7. The molecule has 1 aromatic heterocycles. The van der Waals surface area contributed by atoms with Crippen LogP contribution in [0.5, 0.6) is 5.75 Å². The van der Waals surface area contributed by atoms with Crippen LogP contribution in [0.3, 0.4) is 0 Å². The number of aromatic nitrogens is 1. The van der Waals surface area contributed by atoms with Gasteiger partial charge in [0.1, 0.15) is 5.75 Å². The number of amides is 1.